The van der Waals surface area contributed by atoms with Crippen molar-refractivity contribution < 1.29 is 0 Å². The van der Waals surface area contributed by atoms with Crippen LogP contribution in [0.5, 0.6) is 0 Å². The number of hydrogen-bond donors (Lipinski definition) is 1. The minimum absolute atomic E-state index is 0.446. The molecule has 0 aromatic carbocycles. The van der Waals surface area contributed by atoms with Crippen molar-refractivity contribution in [3.8, 4) is 0 Å². The van der Waals surface area contributed by atoms with Gasteiger partial charge in [0.1, 0.15) is 0 Å². The molecule has 2 aliphatic rings. The molecule has 3 rings (SSSR count). The van der Waals surface area contributed by atoms with Crippen LogP contribution in [0.3, 0.4) is 0 Å². The SMILES string of the molecule is CNC1CCCc2nc(N3CCCCCC3)ncc21. The number of aryl methyl sites for hydroxylation is 1. The zero-order valence-electron chi connectivity index (χ0n) is 11.9. The van der Waals surface area contributed by atoms with Gasteiger partial charge >= 0.3 is 0 Å². The van der Waals surface area contributed by atoms with Crippen molar-refractivity contribution in [3.63, 3.8) is 0 Å². The van der Waals surface area contributed by atoms with Gasteiger partial charge in [-0.3, -0.25) is 0 Å². The maximum Gasteiger partial charge on any atom is 0.225 e. The van der Waals surface area contributed by atoms with Crippen molar-refractivity contribution in [1.29, 1.82) is 0 Å². The third kappa shape index (κ3) is 2.73. The number of rotatable bonds is 2. The summed E-state index contributed by atoms with van der Waals surface area (Å²) in [4.78, 5) is 11.9. The molecule has 0 radical (unpaired) electrons. The Bertz CT molecular complexity index is 424. The minimum Gasteiger partial charge on any atom is -0.341 e. The highest BCUT2D eigenvalue weighted by Crippen LogP contribution is 2.29. The Morgan fingerprint density at radius 1 is 1.16 bits per heavy atom. The fourth-order valence-corrected chi connectivity index (χ4v) is 3.26. The molecule has 1 aromatic heterocycles. The summed E-state index contributed by atoms with van der Waals surface area (Å²) < 4.78 is 0. The lowest BCUT2D eigenvalue weighted by atomic mass is 9.92. The summed E-state index contributed by atoms with van der Waals surface area (Å²) in [6.07, 6.45) is 10.9. The zero-order chi connectivity index (χ0) is 13.1. The molecule has 1 N–H and O–H groups in total. The summed E-state index contributed by atoms with van der Waals surface area (Å²) >= 11 is 0. The molecule has 104 valence electrons. The lowest BCUT2D eigenvalue weighted by molar-refractivity contribution is 0.487. The Morgan fingerprint density at radius 3 is 2.68 bits per heavy atom. The van der Waals surface area contributed by atoms with Gasteiger partial charge in [-0.15, -0.1) is 0 Å². The first-order chi connectivity index (χ1) is 9.38. The molecular formula is C15H24N4. The second-order valence-corrected chi connectivity index (χ2v) is 5.71. The molecule has 1 aromatic rings. The summed E-state index contributed by atoms with van der Waals surface area (Å²) in [5.74, 6) is 0.956. The van der Waals surface area contributed by atoms with Crippen LogP contribution >= 0.6 is 0 Å². The molecule has 1 aliphatic heterocycles. The molecule has 4 heteroatoms. The lowest BCUT2D eigenvalue weighted by Gasteiger charge is -2.26. The average Bonchev–Trinajstić information content (AvgIpc) is 2.75. The highest BCUT2D eigenvalue weighted by Gasteiger charge is 2.22. The van der Waals surface area contributed by atoms with E-state index in [2.05, 4.69) is 21.4 Å². The van der Waals surface area contributed by atoms with Crippen molar-refractivity contribution >= 4 is 5.95 Å². The molecule has 0 amide bonds. The van der Waals surface area contributed by atoms with E-state index >= 15 is 0 Å². The van der Waals surface area contributed by atoms with Crippen LogP contribution in [0, 0.1) is 0 Å². The van der Waals surface area contributed by atoms with Crippen LogP contribution in [0.4, 0.5) is 5.95 Å². The van der Waals surface area contributed by atoms with E-state index in [0.29, 0.717) is 6.04 Å². The third-order valence-electron chi connectivity index (χ3n) is 4.41. The van der Waals surface area contributed by atoms with Gasteiger partial charge in [0, 0.05) is 30.9 Å². The maximum atomic E-state index is 4.85. The van der Waals surface area contributed by atoms with Crippen LogP contribution in [0.15, 0.2) is 6.20 Å². The number of fused-ring (bicyclic) bond motifs is 1. The third-order valence-corrected chi connectivity index (χ3v) is 4.41. The van der Waals surface area contributed by atoms with Crippen molar-refractivity contribution in [2.45, 2.75) is 51.0 Å². The largest absolute Gasteiger partial charge is 0.341 e. The molecule has 1 aliphatic carbocycles. The summed E-state index contributed by atoms with van der Waals surface area (Å²) in [5, 5.41) is 3.38. The van der Waals surface area contributed by atoms with Crippen LogP contribution in [0.25, 0.3) is 0 Å². The summed E-state index contributed by atoms with van der Waals surface area (Å²) in [6.45, 7) is 2.24. The van der Waals surface area contributed by atoms with E-state index < -0.39 is 0 Å². The standard InChI is InChI=1S/C15H24N4/c1-16-13-7-6-8-14-12(13)11-17-15(18-14)19-9-4-2-3-5-10-19/h11,13,16H,2-10H2,1H3. The van der Waals surface area contributed by atoms with Gasteiger partial charge in [0.2, 0.25) is 5.95 Å². The van der Waals surface area contributed by atoms with Gasteiger partial charge in [-0.25, -0.2) is 9.97 Å². The molecule has 4 nitrogen and oxygen atoms in total. The molecule has 1 atom stereocenters. The Kier molecular flexibility index (Phi) is 3.97. The Balaban J connectivity index is 1.83. The van der Waals surface area contributed by atoms with Crippen molar-refractivity contribution in [1.82, 2.24) is 15.3 Å². The number of nitrogens with one attached hydrogen (secondary N) is 1. The number of nitrogens with zero attached hydrogens (tertiary/aromatic N) is 3. The van der Waals surface area contributed by atoms with Gasteiger partial charge in [-0.1, -0.05) is 12.8 Å². The van der Waals surface area contributed by atoms with E-state index in [-0.39, 0.29) is 0 Å². The van der Waals surface area contributed by atoms with E-state index in [4.69, 9.17) is 4.98 Å². The summed E-state index contributed by atoms with van der Waals surface area (Å²) in [5.41, 5.74) is 2.58. The zero-order valence-corrected chi connectivity index (χ0v) is 11.9. The van der Waals surface area contributed by atoms with Crippen LogP contribution in [-0.4, -0.2) is 30.1 Å². The molecular weight excluding hydrogens is 236 g/mol. The molecule has 19 heavy (non-hydrogen) atoms. The van der Waals surface area contributed by atoms with Crippen molar-refractivity contribution in [2.75, 3.05) is 25.0 Å². The Morgan fingerprint density at radius 2 is 1.95 bits per heavy atom. The molecule has 1 saturated heterocycles. The van der Waals surface area contributed by atoms with Crippen LogP contribution in [0.2, 0.25) is 0 Å². The molecule has 0 spiro atoms. The first-order valence-corrected chi connectivity index (χ1v) is 7.66. The number of aromatic nitrogens is 2. The second kappa shape index (κ2) is 5.87. The van der Waals surface area contributed by atoms with Crippen LogP contribution < -0.4 is 10.2 Å². The monoisotopic (exact) mass is 260 g/mol. The van der Waals surface area contributed by atoms with Crippen LogP contribution in [0.1, 0.15) is 55.8 Å². The second-order valence-electron chi connectivity index (χ2n) is 5.71. The molecule has 1 fully saturated rings. The topological polar surface area (TPSA) is 41.1 Å². The summed E-state index contributed by atoms with van der Waals surface area (Å²) in [7, 11) is 2.03. The average molecular weight is 260 g/mol. The molecule has 0 saturated carbocycles. The van der Waals surface area contributed by atoms with Crippen LogP contribution in [-0.2, 0) is 6.42 Å². The van der Waals surface area contributed by atoms with Crippen molar-refractivity contribution in [3.05, 3.63) is 17.5 Å². The Hall–Kier alpha value is -1.16. The van der Waals surface area contributed by atoms with Gasteiger partial charge in [0.25, 0.3) is 0 Å². The van der Waals surface area contributed by atoms with Gasteiger partial charge in [-0.2, -0.15) is 0 Å². The van der Waals surface area contributed by atoms with Crippen molar-refractivity contribution in [2.24, 2.45) is 0 Å². The van der Waals surface area contributed by atoms with E-state index in [9.17, 15) is 0 Å². The van der Waals surface area contributed by atoms with Gasteiger partial charge < -0.3 is 10.2 Å². The maximum absolute atomic E-state index is 4.85. The van der Waals surface area contributed by atoms with Gasteiger partial charge in [0.05, 0.1) is 5.69 Å². The van der Waals surface area contributed by atoms with E-state index in [1.54, 1.807) is 0 Å². The predicted molar refractivity (Wildman–Crippen MR) is 77.5 cm³/mol. The first-order valence-electron chi connectivity index (χ1n) is 7.66. The van der Waals surface area contributed by atoms with Gasteiger partial charge in [0.15, 0.2) is 0 Å². The molecule has 0 bridgehead atoms. The normalized spacial score (nSPS) is 23.8. The highest BCUT2D eigenvalue weighted by atomic mass is 15.2. The van der Waals surface area contributed by atoms with E-state index in [1.807, 2.05) is 7.05 Å². The highest BCUT2D eigenvalue weighted by molar-refractivity contribution is 5.35. The minimum atomic E-state index is 0.446. The fourth-order valence-electron chi connectivity index (χ4n) is 3.26. The Labute approximate surface area is 115 Å². The van der Waals surface area contributed by atoms with E-state index in [0.717, 1.165) is 25.5 Å². The first kappa shape index (κ1) is 12.9. The smallest absolute Gasteiger partial charge is 0.225 e. The fraction of sp³-hybridized carbons (Fsp3) is 0.733. The van der Waals surface area contributed by atoms with Gasteiger partial charge in [-0.05, 0) is 39.2 Å². The predicted octanol–water partition coefficient (Wildman–Crippen LogP) is 2.45. The van der Waals surface area contributed by atoms with E-state index in [1.165, 1.54) is 49.8 Å². The number of anilines is 1. The quantitative estimate of drug-likeness (QED) is 0.887. The molecule has 2 heterocycles. The summed E-state index contributed by atoms with van der Waals surface area (Å²) in [6, 6.07) is 0.446. The number of hydrogen-bond acceptors (Lipinski definition) is 4. The lowest BCUT2D eigenvalue weighted by Crippen LogP contribution is -2.28. The molecule has 1 unspecified atom stereocenters.